The highest BCUT2D eigenvalue weighted by Gasteiger charge is 2.00. The molecular weight excluding hydrogens is 147 g/mol. The first-order chi connectivity index (χ1) is 4.70. The number of aromatic carboxylic acids is 1. The molecule has 0 saturated heterocycles. The fraction of sp³-hybridized carbons (Fsp3) is 0.143. The largest absolute Gasteiger partial charge is 0.477 e. The highest BCUT2D eigenvalue weighted by Crippen LogP contribution is 2.14. The molecular formula is C7H7O2P. The predicted molar refractivity (Wildman–Crippen MR) is 40.7 cm³/mol. The number of carbonyl (C=O) groups is 1. The summed E-state index contributed by atoms with van der Waals surface area (Å²) in [4.78, 5) is 10.4. The van der Waals surface area contributed by atoms with Crippen LogP contribution in [0, 0.1) is 6.92 Å². The monoisotopic (exact) mass is 154 g/mol. The molecule has 0 atom stereocenters. The normalized spacial score (nSPS) is 10.1. The van der Waals surface area contributed by atoms with E-state index >= 15 is 0 Å². The Balaban J connectivity index is 3.07. The van der Waals surface area contributed by atoms with Crippen LogP contribution in [0.2, 0.25) is 0 Å². The van der Waals surface area contributed by atoms with E-state index in [9.17, 15) is 4.79 Å². The summed E-state index contributed by atoms with van der Waals surface area (Å²) < 4.78 is 0. The van der Waals surface area contributed by atoms with Crippen molar-refractivity contribution in [1.82, 2.24) is 0 Å². The van der Waals surface area contributed by atoms with Crippen LogP contribution in [0.3, 0.4) is 0 Å². The van der Waals surface area contributed by atoms with Crippen LogP contribution < -0.4 is 0 Å². The molecule has 1 rings (SSSR count). The molecule has 0 radical (unpaired) electrons. The summed E-state index contributed by atoms with van der Waals surface area (Å²) in [5.74, 6) is 1.00. The zero-order valence-corrected chi connectivity index (χ0v) is 6.43. The standard InChI is InChI=1S/C7H7O2P/c1-5-2-3-10-6(4-5)7(8)9/h2-4H,1H3,(H,8,9). The van der Waals surface area contributed by atoms with Crippen LogP contribution >= 0.6 is 8.19 Å². The van der Waals surface area contributed by atoms with Crippen LogP contribution in [-0.2, 0) is 0 Å². The van der Waals surface area contributed by atoms with Gasteiger partial charge in [0.1, 0.15) is 0 Å². The molecule has 1 aromatic heterocycles. The number of hydrogen-bond acceptors (Lipinski definition) is 1. The minimum atomic E-state index is -0.828. The molecule has 0 aliphatic carbocycles. The molecule has 1 heterocycles. The van der Waals surface area contributed by atoms with Gasteiger partial charge in [0.2, 0.25) is 0 Å². The van der Waals surface area contributed by atoms with E-state index in [1.807, 2.05) is 18.8 Å². The van der Waals surface area contributed by atoms with Gasteiger partial charge in [-0.3, -0.25) is 0 Å². The van der Waals surface area contributed by atoms with E-state index in [4.69, 9.17) is 5.11 Å². The van der Waals surface area contributed by atoms with Crippen molar-refractivity contribution in [2.24, 2.45) is 0 Å². The number of hydrogen-bond donors (Lipinski definition) is 1. The highest BCUT2D eigenvalue weighted by atomic mass is 31.0. The Morgan fingerprint density at radius 1 is 1.70 bits per heavy atom. The number of carboxylic acid groups (broad SMARTS) is 1. The quantitative estimate of drug-likeness (QED) is 0.673. The lowest BCUT2D eigenvalue weighted by molar-refractivity contribution is 0.0702. The molecule has 0 amide bonds. The van der Waals surface area contributed by atoms with Gasteiger partial charge in [-0.25, -0.2) is 4.79 Å². The zero-order valence-electron chi connectivity index (χ0n) is 5.53. The first-order valence-electron chi connectivity index (χ1n) is 2.86. The molecule has 0 aliphatic rings. The van der Waals surface area contributed by atoms with Gasteiger partial charge in [-0.1, -0.05) is 14.3 Å². The summed E-state index contributed by atoms with van der Waals surface area (Å²) in [6.07, 6.45) is 0. The summed E-state index contributed by atoms with van der Waals surface area (Å²) in [5, 5.41) is 8.98. The summed E-state index contributed by atoms with van der Waals surface area (Å²) in [6.45, 7) is 1.88. The lowest BCUT2D eigenvalue weighted by Crippen LogP contribution is -1.92. The molecule has 52 valence electrons. The van der Waals surface area contributed by atoms with Crippen molar-refractivity contribution in [1.29, 1.82) is 0 Å². The summed E-state index contributed by atoms with van der Waals surface area (Å²) in [5.41, 5.74) is 0.996. The molecule has 0 aromatic carbocycles. The van der Waals surface area contributed by atoms with Crippen molar-refractivity contribution in [2.75, 3.05) is 0 Å². The maximum absolute atomic E-state index is 10.4. The van der Waals surface area contributed by atoms with E-state index in [1.165, 1.54) is 0 Å². The Kier molecular flexibility index (Phi) is 2.03. The Morgan fingerprint density at radius 3 is 2.80 bits per heavy atom. The fourth-order valence-electron chi connectivity index (χ4n) is 0.653. The van der Waals surface area contributed by atoms with Crippen LogP contribution in [-0.4, -0.2) is 11.1 Å². The van der Waals surface area contributed by atoms with Gasteiger partial charge < -0.3 is 5.11 Å². The highest BCUT2D eigenvalue weighted by molar-refractivity contribution is 7.31. The Labute approximate surface area is 60.6 Å². The van der Waals surface area contributed by atoms with Crippen LogP contribution in [0.4, 0.5) is 0 Å². The Bertz CT molecular complexity index is 258. The molecule has 0 aliphatic heterocycles. The molecule has 0 fully saturated rings. The van der Waals surface area contributed by atoms with E-state index in [1.54, 1.807) is 6.07 Å². The second-order valence-electron chi connectivity index (χ2n) is 2.02. The van der Waals surface area contributed by atoms with Crippen molar-refractivity contribution >= 4 is 14.2 Å². The van der Waals surface area contributed by atoms with E-state index in [0.717, 1.165) is 13.8 Å². The maximum Gasteiger partial charge on any atom is 0.340 e. The first-order valence-corrected chi connectivity index (χ1v) is 3.82. The maximum atomic E-state index is 10.4. The number of carboxylic acids is 1. The lowest BCUT2D eigenvalue weighted by Gasteiger charge is -1.92. The van der Waals surface area contributed by atoms with Gasteiger partial charge in [0.25, 0.3) is 0 Å². The van der Waals surface area contributed by atoms with Gasteiger partial charge in [-0.05, 0) is 24.4 Å². The third kappa shape index (κ3) is 1.55. The topological polar surface area (TPSA) is 37.3 Å². The molecule has 10 heavy (non-hydrogen) atoms. The van der Waals surface area contributed by atoms with Gasteiger partial charge in [-0.15, -0.1) is 0 Å². The molecule has 1 N–H and O–H groups in total. The van der Waals surface area contributed by atoms with Gasteiger partial charge in [0.05, 0.1) is 5.30 Å². The average molecular weight is 154 g/mol. The van der Waals surface area contributed by atoms with Crippen molar-refractivity contribution < 1.29 is 9.90 Å². The zero-order chi connectivity index (χ0) is 7.56. The molecule has 1 aromatic rings. The Morgan fingerprint density at radius 2 is 2.40 bits per heavy atom. The third-order valence-electron chi connectivity index (χ3n) is 1.13. The smallest absolute Gasteiger partial charge is 0.340 e. The third-order valence-corrected chi connectivity index (χ3v) is 2.03. The minimum Gasteiger partial charge on any atom is -0.477 e. The second-order valence-corrected chi connectivity index (χ2v) is 3.06. The van der Waals surface area contributed by atoms with E-state index in [2.05, 4.69) is 0 Å². The number of aryl methyl sites for hydroxylation is 1. The van der Waals surface area contributed by atoms with Crippen LogP contribution in [0.1, 0.15) is 15.7 Å². The first kappa shape index (κ1) is 7.23. The SMILES string of the molecule is Cc1ccpc(C(=O)O)c1. The Hall–Kier alpha value is -0.880. The van der Waals surface area contributed by atoms with Gasteiger partial charge in [0.15, 0.2) is 0 Å². The predicted octanol–water partition coefficient (Wildman–Crippen LogP) is 2.27. The molecule has 3 heteroatoms. The second kappa shape index (κ2) is 2.80. The van der Waals surface area contributed by atoms with E-state index in [0.29, 0.717) is 5.30 Å². The van der Waals surface area contributed by atoms with Crippen molar-refractivity contribution in [3.63, 3.8) is 0 Å². The van der Waals surface area contributed by atoms with Gasteiger partial charge >= 0.3 is 5.97 Å². The summed E-state index contributed by atoms with van der Waals surface area (Å²) in [6, 6.07) is 3.60. The van der Waals surface area contributed by atoms with E-state index < -0.39 is 5.97 Å². The molecule has 0 bridgehead atoms. The summed E-state index contributed by atoms with van der Waals surface area (Å²) >= 11 is 0. The van der Waals surface area contributed by atoms with Crippen LogP contribution in [0.25, 0.3) is 0 Å². The van der Waals surface area contributed by atoms with E-state index in [-0.39, 0.29) is 0 Å². The average Bonchev–Trinajstić information content (AvgIpc) is 1.88. The molecule has 0 saturated carbocycles. The minimum absolute atomic E-state index is 0.444. The van der Waals surface area contributed by atoms with Crippen molar-refractivity contribution in [2.45, 2.75) is 6.92 Å². The van der Waals surface area contributed by atoms with Crippen molar-refractivity contribution in [3.8, 4) is 0 Å². The molecule has 0 spiro atoms. The molecule has 2 nitrogen and oxygen atoms in total. The van der Waals surface area contributed by atoms with Crippen LogP contribution in [0.5, 0.6) is 0 Å². The fourth-order valence-corrected chi connectivity index (χ4v) is 1.51. The van der Waals surface area contributed by atoms with Gasteiger partial charge in [-0.2, -0.15) is 0 Å². The van der Waals surface area contributed by atoms with Gasteiger partial charge in [0, 0.05) is 0 Å². The summed E-state index contributed by atoms with van der Waals surface area (Å²) in [7, 11) is 0.777. The number of rotatable bonds is 1. The van der Waals surface area contributed by atoms with Crippen LogP contribution in [0.15, 0.2) is 17.9 Å². The lowest BCUT2D eigenvalue weighted by atomic mass is 10.3. The van der Waals surface area contributed by atoms with Crippen molar-refractivity contribution in [3.05, 3.63) is 28.8 Å². The molecule has 0 unspecified atom stereocenters.